The molecule has 0 saturated carbocycles. The fourth-order valence-corrected chi connectivity index (χ4v) is 1.85. The second kappa shape index (κ2) is 5.04. The van der Waals surface area contributed by atoms with Crippen molar-refractivity contribution < 1.29 is 9.53 Å². The van der Waals surface area contributed by atoms with E-state index >= 15 is 0 Å². The number of nitrogens with one attached hydrogen (secondary N) is 1. The molecule has 5 heteroatoms. The Bertz CT molecular complexity index is 403. The first kappa shape index (κ1) is 11.7. The zero-order chi connectivity index (χ0) is 11.5. The third-order valence-electron chi connectivity index (χ3n) is 2.45. The number of halogens is 2. The van der Waals surface area contributed by atoms with Crippen molar-refractivity contribution in [2.45, 2.75) is 12.5 Å². The molecule has 0 aliphatic carbocycles. The molecule has 0 aromatic heterocycles. The number of rotatable bonds is 2. The van der Waals surface area contributed by atoms with Crippen LogP contribution in [-0.2, 0) is 4.74 Å². The second-order valence-electron chi connectivity index (χ2n) is 3.66. The maximum absolute atomic E-state index is 11.8. The van der Waals surface area contributed by atoms with Crippen molar-refractivity contribution in [2.75, 3.05) is 13.2 Å². The van der Waals surface area contributed by atoms with Crippen LogP contribution >= 0.6 is 23.2 Å². The summed E-state index contributed by atoms with van der Waals surface area (Å²) in [7, 11) is 0. The van der Waals surface area contributed by atoms with Gasteiger partial charge in [0.25, 0.3) is 5.91 Å². The van der Waals surface area contributed by atoms with Crippen LogP contribution in [0, 0.1) is 0 Å². The van der Waals surface area contributed by atoms with Crippen molar-refractivity contribution in [1.82, 2.24) is 5.32 Å². The molecule has 1 amide bonds. The number of ether oxygens (including phenoxy) is 1. The Morgan fingerprint density at radius 2 is 2.19 bits per heavy atom. The average molecular weight is 260 g/mol. The molecule has 0 radical (unpaired) electrons. The number of carbonyl (C=O) groups is 1. The highest BCUT2D eigenvalue weighted by Crippen LogP contribution is 2.22. The van der Waals surface area contributed by atoms with E-state index < -0.39 is 0 Å². The Morgan fingerprint density at radius 1 is 1.38 bits per heavy atom. The van der Waals surface area contributed by atoms with Crippen molar-refractivity contribution in [2.24, 2.45) is 0 Å². The lowest BCUT2D eigenvalue weighted by molar-refractivity contribution is 0.0930. The third-order valence-corrected chi connectivity index (χ3v) is 3.19. The van der Waals surface area contributed by atoms with Crippen LogP contribution in [0.3, 0.4) is 0 Å². The largest absolute Gasteiger partial charge is 0.379 e. The molecule has 2 rings (SSSR count). The summed E-state index contributed by atoms with van der Waals surface area (Å²) in [4.78, 5) is 11.8. The van der Waals surface area contributed by atoms with Gasteiger partial charge in [-0.05, 0) is 24.6 Å². The Kier molecular flexibility index (Phi) is 3.69. The number of benzene rings is 1. The van der Waals surface area contributed by atoms with Crippen molar-refractivity contribution in [3.8, 4) is 0 Å². The van der Waals surface area contributed by atoms with E-state index in [1.54, 1.807) is 18.2 Å². The van der Waals surface area contributed by atoms with Gasteiger partial charge in [0, 0.05) is 12.2 Å². The molecule has 3 nitrogen and oxygen atoms in total. The fraction of sp³-hybridized carbons (Fsp3) is 0.364. The van der Waals surface area contributed by atoms with Gasteiger partial charge in [-0.2, -0.15) is 0 Å². The fourth-order valence-electron chi connectivity index (χ4n) is 1.55. The normalized spacial score (nSPS) is 19.8. The highest BCUT2D eigenvalue weighted by atomic mass is 35.5. The first-order chi connectivity index (χ1) is 7.66. The van der Waals surface area contributed by atoms with Gasteiger partial charge in [-0.25, -0.2) is 0 Å². The van der Waals surface area contributed by atoms with Crippen LogP contribution in [0.15, 0.2) is 18.2 Å². The van der Waals surface area contributed by atoms with E-state index in [0.29, 0.717) is 28.8 Å². The predicted molar refractivity (Wildman–Crippen MR) is 63.2 cm³/mol. The van der Waals surface area contributed by atoms with Crippen molar-refractivity contribution in [1.29, 1.82) is 0 Å². The van der Waals surface area contributed by atoms with Crippen LogP contribution in [0.2, 0.25) is 10.0 Å². The monoisotopic (exact) mass is 259 g/mol. The van der Waals surface area contributed by atoms with Gasteiger partial charge in [0.1, 0.15) is 0 Å². The third kappa shape index (κ3) is 2.67. The summed E-state index contributed by atoms with van der Waals surface area (Å²) in [5.41, 5.74) is 0.515. The Morgan fingerprint density at radius 3 is 2.81 bits per heavy atom. The molecule has 1 N–H and O–H groups in total. The van der Waals surface area contributed by atoms with Crippen molar-refractivity contribution >= 4 is 29.1 Å². The van der Waals surface area contributed by atoms with Gasteiger partial charge >= 0.3 is 0 Å². The van der Waals surface area contributed by atoms with Gasteiger partial charge in [-0.15, -0.1) is 0 Å². The van der Waals surface area contributed by atoms with E-state index in [1.807, 2.05) is 0 Å². The van der Waals surface area contributed by atoms with Crippen LogP contribution < -0.4 is 5.32 Å². The molecule has 1 fully saturated rings. The predicted octanol–water partition coefficient (Wildman–Crippen LogP) is 2.51. The van der Waals surface area contributed by atoms with Crippen LogP contribution in [0.4, 0.5) is 0 Å². The van der Waals surface area contributed by atoms with Crippen molar-refractivity contribution in [3.63, 3.8) is 0 Å². The molecule has 1 unspecified atom stereocenters. The van der Waals surface area contributed by atoms with Crippen LogP contribution in [0.5, 0.6) is 0 Å². The minimum absolute atomic E-state index is 0.0990. The van der Waals surface area contributed by atoms with Gasteiger partial charge in [0.15, 0.2) is 0 Å². The number of amides is 1. The molecule has 0 bridgehead atoms. The van der Waals surface area contributed by atoms with Crippen LogP contribution in [-0.4, -0.2) is 25.2 Å². The summed E-state index contributed by atoms with van der Waals surface area (Å²) in [6.07, 6.45) is 0.854. The van der Waals surface area contributed by atoms with Gasteiger partial charge in [-0.1, -0.05) is 23.2 Å². The van der Waals surface area contributed by atoms with Crippen LogP contribution in [0.1, 0.15) is 16.8 Å². The lowest BCUT2D eigenvalue weighted by atomic mass is 10.2. The summed E-state index contributed by atoms with van der Waals surface area (Å²) < 4.78 is 5.17. The summed E-state index contributed by atoms with van der Waals surface area (Å²) in [6, 6.07) is 4.93. The topological polar surface area (TPSA) is 38.3 Å². The number of hydrogen-bond donors (Lipinski definition) is 1. The van der Waals surface area contributed by atoms with E-state index in [9.17, 15) is 4.79 Å². The lowest BCUT2D eigenvalue weighted by Gasteiger charge is -2.10. The second-order valence-corrected chi connectivity index (χ2v) is 4.48. The smallest absolute Gasteiger partial charge is 0.251 e. The first-order valence-electron chi connectivity index (χ1n) is 5.00. The van der Waals surface area contributed by atoms with E-state index in [0.717, 1.165) is 6.42 Å². The summed E-state index contributed by atoms with van der Waals surface area (Å²) in [5.74, 6) is -0.144. The Hall–Kier alpha value is -0.770. The van der Waals surface area contributed by atoms with Gasteiger partial charge in [0.2, 0.25) is 0 Å². The maximum atomic E-state index is 11.8. The zero-order valence-corrected chi connectivity index (χ0v) is 10.0. The average Bonchev–Trinajstić information content (AvgIpc) is 2.74. The summed E-state index contributed by atoms with van der Waals surface area (Å²) in [6.45, 7) is 1.28. The quantitative estimate of drug-likeness (QED) is 0.887. The van der Waals surface area contributed by atoms with E-state index in [4.69, 9.17) is 27.9 Å². The molecule has 86 valence electrons. The standard InChI is InChI=1S/C11H11Cl2NO2/c12-9-2-1-7(5-10(9)13)11(15)14-8-3-4-16-6-8/h1-2,5,8H,3-4,6H2,(H,14,15). The molecule has 1 atom stereocenters. The van der Waals surface area contributed by atoms with Gasteiger partial charge in [0.05, 0.1) is 22.7 Å². The summed E-state index contributed by atoms with van der Waals surface area (Å²) in [5, 5.41) is 3.71. The lowest BCUT2D eigenvalue weighted by Crippen LogP contribution is -2.34. The molecule has 1 aromatic carbocycles. The highest BCUT2D eigenvalue weighted by Gasteiger charge is 2.18. The molecule has 0 spiro atoms. The molecule has 16 heavy (non-hydrogen) atoms. The highest BCUT2D eigenvalue weighted by molar-refractivity contribution is 6.42. The van der Waals surface area contributed by atoms with Crippen LogP contribution in [0.25, 0.3) is 0 Å². The maximum Gasteiger partial charge on any atom is 0.251 e. The van der Waals surface area contributed by atoms with Crippen molar-refractivity contribution in [3.05, 3.63) is 33.8 Å². The first-order valence-corrected chi connectivity index (χ1v) is 5.76. The van der Waals surface area contributed by atoms with E-state index in [1.165, 1.54) is 0 Å². The molecule has 1 heterocycles. The molecular formula is C11H11Cl2NO2. The zero-order valence-electron chi connectivity index (χ0n) is 8.50. The Balaban J connectivity index is 2.05. The molecular weight excluding hydrogens is 249 g/mol. The molecule has 1 aliphatic rings. The number of hydrogen-bond acceptors (Lipinski definition) is 2. The van der Waals surface area contributed by atoms with E-state index in [-0.39, 0.29) is 11.9 Å². The summed E-state index contributed by atoms with van der Waals surface area (Å²) >= 11 is 11.6. The minimum atomic E-state index is -0.144. The van der Waals surface area contributed by atoms with E-state index in [2.05, 4.69) is 5.32 Å². The van der Waals surface area contributed by atoms with Gasteiger partial charge < -0.3 is 10.1 Å². The molecule has 1 aromatic rings. The molecule has 1 saturated heterocycles. The minimum Gasteiger partial charge on any atom is -0.379 e. The number of carbonyl (C=O) groups excluding carboxylic acids is 1. The Labute approximate surface area is 104 Å². The molecule has 1 aliphatic heterocycles. The SMILES string of the molecule is O=C(NC1CCOC1)c1ccc(Cl)c(Cl)c1. The van der Waals surface area contributed by atoms with Gasteiger partial charge in [-0.3, -0.25) is 4.79 Å².